The second-order valence-electron chi connectivity index (χ2n) is 6.63. The summed E-state index contributed by atoms with van der Waals surface area (Å²) >= 11 is 1.10. The molecule has 2 aromatic rings. The Morgan fingerprint density at radius 1 is 1.21 bits per heavy atom. The van der Waals surface area contributed by atoms with Crippen LogP contribution in [0.1, 0.15) is 18.4 Å². The van der Waals surface area contributed by atoms with E-state index in [1.54, 1.807) is 23.6 Å². The molecule has 0 saturated carbocycles. The Morgan fingerprint density at radius 2 is 1.93 bits per heavy atom. The largest absolute Gasteiger partial charge is 0.393 e. The number of thiophene rings is 1. The Hall–Kier alpha value is -2.07. The number of rotatable bonds is 5. The average Bonchev–Trinajstić information content (AvgIpc) is 3.18. The fraction of sp³-hybridized carbons (Fsp3) is 0.389. The van der Waals surface area contributed by atoms with Crippen molar-refractivity contribution in [3.8, 4) is 0 Å². The number of hydrogen-bond donors (Lipinski definition) is 1. The minimum Gasteiger partial charge on any atom is -0.342 e. The zero-order chi connectivity index (χ0) is 20.4. The summed E-state index contributed by atoms with van der Waals surface area (Å²) in [5, 5.41) is 1.66. The Balaban J connectivity index is 1.60. The second kappa shape index (κ2) is 8.12. The monoisotopic (exact) mass is 432 g/mol. The minimum atomic E-state index is -4.29. The Morgan fingerprint density at radius 3 is 2.54 bits per heavy atom. The number of benzene rings is 1. The molecular formula is C18H19F3N2O3S2. The van der Waals surface area contributed by atoms with Crippen LogP contribution >= 0.6 is 11.3 Å². The molecule has 5 nitrogen and oxygen atoms in total. The number of carbonyl (C=O) groups excluding carboxylic acids is 1. The van der Waals surface area contributed by atoms with Crippen molar-refractivity contribution in [2.24, 2.45) is 5.92 Å². The SMILES string of the molecule is O=C(Cc1ccc(NS(=O)(=O)c2cccs2)cc1)N1CCCC(C(F)(F)F)C1. The highest BCUT2D eigenvalue weighted by molar-refractivity contribution is 7.94. The first kappa shape index (κ1) is 20.7. The second-order valence-corrected chi connectivity index (χ2v) is 9.49. The van der Waals surface area contributed by atoms with Gasteiger partial charge < -0.3 is 4.90 Å². The lowest BCUT2D eigenvalue weighted by Crippen LogP contribution is -2.45. The normalized spacial score (nSPS) is 18.1. The van der Waals surface area contributed by atoms with E-state index < -0.39 is 22.1 Å². The van der Waals surface area contributed by atoms with Gasteiger partial charge in [-0.2, -0.15) is 13.2 Å². The third-order valence-electron chi connectivity index (χ3n) is 4.56. The Kier molecular flexibility index (Phi) is 5.99. The number of likely N-dealkylation sites (tertiary alicyclic amines) is 1. The van der Waals surface area contributed by atoms with Crippen LogP contribution in [0.5, 0.6) is 0 Å². The van der Waals surface area contributed by atoms with Crippen LogP contribution in [-0.4, -0.2) is 38.5 Å². The molecule has 0 aliphatic carbocycles. The van der Waals surface area contributed by atoms with Crippen LogP contribution in [0.25, 0.3) is 0 Å². The molecule has 1 saturated heterocycles. The highest BCUT2D eigenvalue weighted by atomic mass is 32.2. The van der Waals surface area contributed by atoms with Crippen molar-refractivity contribution in [2.45, 2.75) is 29.6 Å². The van der Waals surface area contributed by atoms with Gasteiger partial charge >= 0.3 is 6.18 Å². The maximum atomic E-state index is 12.9. The summed E-state index contributed by atoms with van der Waals surface area (Å²) in [6.45, 7) is 0.0190. The Bertz CT molecular complexity index is 911. The summed E-state index contributed by atoms with van der Waals surface area (Å²) in [6, 6.07) is 9.38. The maximum absolute atomic E-state index is 12.9. The van der Waals surface area contributed by atoms with E-state index >= 15 is 0 Å². The summed E-state index contributed by atoms with van der Waals surface area (Å²) in [7, 11) is -3.66. The molecule has 28 heavy (non-hydrogen) atoms. The molecule has 0 bridgehead atoms. The van der Waals surface area contributed by atoms with Crippen molar-refractivity contribution in [1.29, 1.82) is 0 Å². The lowest BCUT2D eigenvalue weighted by molar-refractivity contribution is -0.187. The molecule has 1 aromatic heterocycles. The highest BCUT2D eigenvalue weighted by Crippen LogP contribution is 2.33. The molecule has 10 heteroatoms. The first-order chi connectivity index (χ1) is 13.1. The van der Waals surface area contributed by atoms with Gasteiger partial charge in [0.1, 0.15) is 4.21 Å². The van der Waals surface area contributed by atoms with Crippen molar-refractivity contribution in [2.75, 3.05) is 17.8 Å². The van der Waals surface area contributed by atoms with E-state index in [2.05, 4.69) is 4.72 Å². The topological polar surface area (TPSA) is 66.5 Å². The molecule has 0 radical (unpaired) electrons. The van der Waals surface area contributed by atoms with Crippen molar-refractivity contribution in [3.63, 3.8) is 0 Å². The molecule has 1 unspecified atom stereocenters. The van der Waals surface area contributed by atoms with Crippen LogP contribution in [-0.2, 0) is 21.2 Å². The number of carbonyl (C=O) groups is 1. The maximum Gasteiger partial charge on any atom is 0.393 e. The molecule has 1 aromatic carbocycles. The van der Waals surface area contributed by atoms with Gasteiger partial charge in [0.15, 0.2) is 0 Å². The fourth-order valence-corrected chi connectivity index (χ4v) is 5.12. The van der Waals surface area contributed by atoms with Crippen molar-refractivity contribution in [1.82, 2.24) is 4.90 Å². The fourth-order valence-electron chi connectivity index (χ4n) is 3.07. The molecule has 1 amide bonds. The smallest absolute Gasteiger partial charge is 0.342 e. The lowest BCUT2D eigenvalue weighted by atomic mass is 9.97. The highest BCUT2D eigenvalue weighted by Gasteiger charge is 2.42. The predicted octanol–water partition coefficient (Wildman–Crippen LogP) is 3.89. The quantitative estimate of drug-likeness (QED) is 0.780. The van der Waals surface area contributed by atoms with Crippen molar-refractivity contribution >= 4 is 33.0 Å². The molecule has 1 atom stereocenters. The van der Waals surface area contributed by atoms with Gasteiger partial charge in [-0.15, -0.1) is 11.3 Å². The molecule has 1 fully saturated rings. The lowest BCUT2D eigenvalue weighted by Gasteiger charge is -2.33. The summed E-state index contributed by atoms with van der Waals surface area (Å²) in [4.78, 5) is 13.6. The molecule has 152 valence electrons. The number of halogens is 3. The molecule has 1 aliphatic heterocycles. The number of sulfonamides is 1. The van der Waals surface area contributed by atoms with Gasteiger partial charge in [0.2, 0.25) is 5.91 Å². The van der Waals surface area contributed by atoms with Crippen LogP contribution in [0.15, 0.2) is 46.0 Å². The number of hydrogen-bond acceptors (Lipinski definition) is 4. The van der Waals surface area contributed by atoms with Gasteiger partial charge in [0.25, 0.3) is 10.0 Å². The first-order valence-corrected chi connectivity index (χ1v) is 11.0. The third-order valence-corrected chi connectivity index (χ3v) is 7.34. The zero-order valence-corrected chi connectivity index (χ0v) is 16.4. The van der Waals surface area contributed by atoms with Crippen molar-refractivity contribution in [3.05, 3.63) is 47.3 Å². The predicted molar refractivity (Wildman–Crippen MR) is 101 cm³/mol. The van der Waals surface area contributed by atoms with Gasteiger partial charge in [-0.05, 0) is 42.0 Å². The third kappa shape index (κ3) is 5.05. The number of anilines is 1. The standard InChI is InChI=1S/C18H19F3N2O3S2/c19-18(20,21)14-3-1-9-23(12-14)16(24)11-13-5-7-15(8-6-13)22-28(25,26)17-4-2-10-27-17/h2,4-8,10,14,22H,1,3,9,11-12H2. The number of nitrogens with one attached hydrogen (secondary N) is 1. The molecule has 1 N–H and O–H groups in total. The van der Waals surface area contributed by atoms with Crippen molar-refractivity contribution < 1.29 is 26.4 Å². The molecule has 3 rings (SSSR count). The summed E-state index contributed by atoms with van der Waals surface area (Å²) in [6.07, 6.45) is -3.94. The van der Waals surface area contributed by atoms with E-state index in [1.807, 2.05) is 0 Å². The number of amides is 1. The number of piperidine rings is 1. The van der Waals surface area contributed by atoms with Gasteiger partial charge in [-0.3, -0.25) is 9.52 Å². The van der Waals surface area contributed by atoms with Gasteiger partial charge in [0, 0.05) is 18.8 Å². The van der Waals surface area contributed by atoms with E-state index in [9.17, 15) is 26.4 Å². The molecule has 0 spiro atoms. The first-order valence-electron chi connectivity index (χ1n) is 8.65. The van der Waals surface area contributed by atoms with Crippen LogP contribution in [0.3, 0.4) is 0 Å². The average molecular weight is 432 g/mol. The minimum absolute atomic E-state index is 0.0253. The number of nitrogens with zero attached hydrogens (tertiary/aromatic N) is 1. The molecule has 2 heterocycles. The van der Waals surface area contributed by atoms with Crippen LogP contribution in [0, 0.1) is 5.92 Å². The van der Waals surface area contributed by atoms with Crippen LogP contribution in [0.2, 0.25) is 0 Å². The summed E-state index contributed by atoms with van der Waals surface area (Å²) in [5.74, 6) is -1.83. The summed E-state index contributed by atoms with van der Waals surface area (Å²) < 4.78 is 65.7. The van der Waals surface area contributed by atoms with Gasteiger partial charge in [-0.25, -0.2) is 8.42 Å². The number of alkyl halides is 3. The van der Waals surface area contributed by atoms with Crippen LogP contribution in [0.4, 0.5) is 18.9 Å². The van der Waals surface area contributed by atoms with E-state index in [-0.39, 0.29) is 29.5 Å². The van der Waals surface area contributed by atoms with E-state index in [0.29, 0.717) is 24.2 Å². The molecular weight excluding hydrogens is 413 g/mol. The zero-order valence-electron chi connectivity index (χ0n) is 14.8. The van der Waals surface area contributed by atoms with Gasteiger partial charge in [-0.1, -0.05) is 18.2 Å². The summed E-state index contributed by atoms with van der Waals surface area (Å²) in [5.41, 5.74) is 0.956. The van der Waals surface area contributed by atoms with Crippen LogP contribution < -0.4 is 4.72 Å². The van der Waals surface area contributed by atoms with E-state index in [1.165, 1.54) is 23.1 Å². The van der Waals surface area contributed by atoms with E-state index in [0.717, 1.165) is 11.3 Å². The van der Waals surface area contributed by atoms with E-state index in [4.69, 9.17) is 0 Å². The van der Waals surface area contributed by atoms with Gasteiger partial charge in [0.05, 0.1) is 12.3 Å². The Labute approximate surface area is 165 Å². The molecule has 1 aliphatic rings.